The minimum atomic E-state index is -4.42. The van der Waals surface area contributed by atoms with E-state index in [4.69, 9.17) is 11.6 Å². The second-order valence-corrected chi connectivity index (χ2v) is 10.7. The molecular formula is C22H16ClF3N2O2S2. The molecule has 0 fully saturated rings. The van der Waals surface area contributed by atoms with Crippen LogP contribution in [0.3, 0.4) is 0 Å². The fourth-order valence-corrected chi connectivity index (χ4v) is 5.15. The summed E-state index contributed by atoms with van der Waals surface area (Å²) in [7, 11) is -3.37. The minimum Gasteiger partial charge on any atom is -0.262 e. The number of benzene rings is 2. The molecule has 166 valence electrons. The fraction of sp³-hybridized carbons (Fsp3) is 0.136. The first-order valence-electron chi connectivity index (χ1n) is 9.31. The van der Waals surface area contributed by atoms with E-state index in [1.165, 1.54) is 23.6 Å². The van der Waals surface area contributed by atoms with E-state index >= 15 is 0 Å². The van der Waals surface area contributed by atoms with Crippen molar-refractivity contribution in [2.24, 2.45) is 0 Å². The van der Waals surface area contributed by atoms with Crippen LogP contribution in [0, 0.1) is 0 Å². The number of alkyl halides is 3. The van der Waals surface area contributed by atoms with Gasteiger partial charge in [-0.25, -0.2) is 8.42 Å². The zero-order valence-corrected chi connectivity index (χ0v) is 19.0. The Hall–Kier alpha value is -2.62. The molecule has 0 aliphatic carbocycles. The Labute approximate surface area is 191 Å². The molecule has 10 heteroatoms. The van der Waals surface area contributed by atoms with Crippen molar-refractivity contribution >= 4 is 32.8 Å². The van der Waals surface area contributed by atoms with E-state index in [2.05, 4.69) is 5.10 Å². The normalized spacial score (nSPS) is 12.3. The van der Waals surface area contributed by atoms with Crippen LogP contribution in [0.4, 0.5) is 13.2 Å². The first-order valence-corrected chi connectivity index (χ1v) is 12.4. The van der Waals surface area contributed by atoms with Crippen LogP contribution < -0.4 is 0 Å². The number of aromatic nitrogens is 2. The number of thiophene rings is 1. The number of hydrogen-bond acceptors (Lipinski definition) is 4. The molecule has 0 amide bonds. The molecule has 2 heterocycles. The van der Waals surface area contributed by atoms with Gasteiger partial charge in [0.05, 0.1) is 9.77 Å². The maximum Gasteiger partial charge on any atom is 0.408 e. The number of hydrogen-bond donors (Lipinski definition) is 0. The zero-order chi connectivity index (χ0) is 23.1. The van der Waals surface area contributed by atoms with E-state index in [1.807, 2.05) is 0 Å². The molecule has 4 rings (SSSR count). The van der Waals surface area contributed by atoms with Crippen LogP contribution in [0.5, 0.6) is 0 Å². The van der Waals surface area contributed by atoms with Crippen LogP contribution in [0.2, 0.25) is 5.02 Å². The van der Waals surface area contributed by atoms with Crippen molar-refractivity contribution in [2.75, 3.05) is 6.26 Å². The lowest BCUT2D eigenvalue weighted by atomic mass is 10.1. The average molecular weight is 497 g/mol. The first kappa shape index (κ1) is 22.6. The fourth-order valence-electron chi connectivity index (χ4n) is 3.25. The van der Waals surface area contributed by atoms with Crippen molar-refractivity contribution in [3.8, 4) is 32.1 Å². The third-order valence-electron chi connectivity index (χ3n) is 4.65. The number of halogens is 4. The summed E-state index contributed by atoms with van der Waals surface area (Å²) >= 11 is 7.62. The molecule has 0 saturated heterocycles. The standard InChI is InChI=1S/C22H16ClF3N2O2S2/c1-32(29,30)15-6-4-5-14(11-15)19-9-10-20(31-19)21-17(16-7-2-3-8-18(16)23)12-28(27-21)13-22(24,25)26/h2-12H,13H2,1H3. The minimum absolute atomic E-state index is 0.191. The van der Waals surface area contributed by atoms with E-state index < -0.39 is 22.6 Å². The Bertz CT molecular complexity index is 1390. The summed E-state index contributed by atoms with van der Waals surface area (Å²) in [6.07, 6.45) is -1.95. The van der Waals surface area contributed by atoms with Crippen LogP contribution in [0.15, 0.2) is 71.8 Å². The van der Waals surface area contributed by atoms with Crippen LogP contribution in [0.1, 0.15) is 0 Å². The van der Waals surface area contributed by atoms with E-state index in [0.717, 1.165) is 15.8 Å². The van der Waals surface area contributed by atoms with Crippen molar-refractivity contribution in [1.82, 2.24) is 9.78 Å². The number of sulfone groups is 1. The predicted octanol–water partition coefficient (Wildman–Crippen LogP) is 6.56. The molecule has 0 unspecified atom stereocenters. The van der Waals surface area contributed by atoms with Crippen molar-refractivity contribution in [1.29, 1.82) is 0 Å². The highest BCUT2D eigenvalue weighted by molar-refractivity contribution is 7.90. The van der Waals surface area contributed by atoms with Crippen molar-refractivity contribution in [3.63, 3.8) is 0 Å². The second-order valence-electron chi connectivity index (χ2n) is 7.15. The maximum absolute atomic E-state index is 13.0. The summed E-state index contributed by atoms with van der Waals surface area (Å²) in [5.74, 6) is 0. The summed E-state index contributed by atoms with van der Waals surface area (Å²) in [4.78, 5) is 1.60. The summed E-state index contributed by atoms with van der Waals surface area (Å²) < 4.78 is 63.6. The highest BCUT2D eigenvalue weighted by Gasteiger charge is 2.29. The number of rotatable bonds is 5. The Morgan fingerprint density at radius 2 is 1.72 bits per heavy atom. The molecule has 2 aromatic heterocycles. The molecule has 32 heavy (non-hydrogen) atoms. The van der Waals surface area contributed by atoms with Crippen molar-refractivity contribution in [2.45, 2.75) is 17.6 Å². The number of nitrogens with zero attached hydrogens (tertiary/aromatic N) is 2. The van der Waals surface area contributed by atoms with Crippen molar-refractivity contribution < 1.29 is 21.6 Å². The third kappa shape index (κ3) is 4.90. The molecule has 0 atom stereocenters. The van der Waals surface area contributed by atoms with Gasteiger partial charge in [0.15, 0.2) is 9.84 Å². The molecule has 0 aliphatic rings. The molecule has 0 bridgehead atoms. The third-order valence-corrected chi connectivity index (χ3v) is 7.23. The van der Waals surface area contributed by atoms with Gasteiger partial charge in [0.1, 0.15) is 12.2 Å². The second kappa shape index (κ2) is 8.38. The summed E-state index contributed by atoms with van der Waals surface area (Å²) in [6.45, 7) is -1.22. The van der Waals surface area contributed by atoms with Crippen LogP contribution in [-0.2, 0) is 16.4 Å². The van der Waals surface area contributed by atoms with Crippen LogP contribution in [-0.4, -0.2) is 30.6 Å². The van der Waals surface area contributed by atoms with Crippen molar-refractivity contribution in [3.05, 3.63) is 71.9 Å². The van der Waals surface area contributed by atoms with Gasteiger partial charge in [0, 0.05) is 33.5 Å². The molecule has 4 nitrogen and oxygen atoms in total. The van der Waals surface area contributed by atoms with E-state index in [0.29, 0.717) is 32.3 Å². The molecule has 0 spiro atoms. The van der Waals surface area contributed by atoms with Gasteiger partial charge in [-0.15, -0.1) is 11.3 Å². The Kier molecular flexibility index (Phi) is 5.91. The van der Waals surface area contributed by atoms with Crippen LogP contribution in [0.25, 0.3) is 32.1 Å². The lowest BCUT2D eigenvalue weighted by molar-refractivity contribution is -0.142. The Morgan fingerprint density at radius 1 is 1.00 bits per heavy atom. The van der Waals surface area contributed by atoms with Gasteiger partial charge < -0.3 is 0 Å². The largest absolute Gasteiger partial charge is 0.408 e. The Balaban J connectivity index is 1.81. The van der Waals surface area contributed by atoms with Gasteiger partial charge >= 0.3 is 6.18 Å². The molecular weight excluding hydrogens is 481 g/mol. The van der Waals surface area contributed by atoms with Gasteiger partial charge in [0.25, 0.3) is 0 Å². The predicted molar refractivity (Wildman–Crippen MR) is 121 cm³/mol. The topological polar surface area (TPSA) is 52.0 Å². The van der Waals surface area contributed by atoms with Gasteiger partial charge in [-0.05, 0) is 35.9 Å². The zero-order valence-electron chi connectivity index (χ0n) is 16.6. The smallest absolute Gasteiger partial charge is 0.262 e. The van der Waals surface area contributed by atoms with E-state index in [-0.39, 0.29) is 4.90 Å². The lowest BCUT2D eigenvalue weighted by Gasteiger charge is -2.05. The molecule has 2 aromatic carbocycles. The SMILES string of the molecule is CS(=O)(=O)c1cccc(-c2ccc(-c3nn(CC(F)(F)F)cc3-c3ccccc3Cl)s2)c1. The average Bonchev–Trinajstić information content (AvgIpc) is 3.34. The molecule has 0 aliphatic heterocycles. The van der Waals surface area contributed by atoms with Gasteiger partial charge in [0.2, 0.25) is 0 Å². The van der Waals surface area contributed by atoms with Gasteiger partial charge in [-0.3, -0.25) is 4.68 Å². The monoisotopic (exact) mass is 496 g/mol. The van der Waals surface area contributed by atoms with Crippen LogP contribution >= 0.6 is 22.9 Å². The summed E-state index contributed by atoms with van der Waals surface area (Å²) in [6, 6.07) is 17.0. The quantitative estimate of drug-likeness (QED) is 0.314. The first-order chi connectivity index (χ1) is 15.0. The lowest BCUT2D eigenvalue weighted by Crippen LogP contribution is -2.17. The van der Waals surface area contributed by atoms with Gasteiger partial charge in [-0.1, -0.05) is 41.9 Å². The highest BCUT2D eigenvalue weighted by atomic mass is 35.5. The maximum atomic E-state index is 13.0. The summed E-state index contributed by atoms with van der Waals surface area (Å²) in [5, 5.41) is 4.60. The van der Waals surface area contributed by atoms with Gasteiger partial charge in [-0.2, -0.15) is 18.3 Å². The van der Waals surface area contributed by atoms with E-state index in [1.54, 1.807) is 54.6 Å². The molecule has 0 saturated carbocycles. The van der Waals surface area contributed by atoms with E-state index in [9.17, 15) is 21.6 Å². The molecule has 4 aromatic rings. The molecule has 0 radical (unpaired) electrons. The highest BCUT2D eigenvalue weighted by Crippen LogP contribution is 2.41. The summed E-state index contributed by atoms with van der Waals surface area (Å²) in [5.41, 5.74) is 2.13. The Morgan fingerprint density at radius 3 is 2.41 bits per heavy atom. The molecule has 0 N–H and O–H groups in total.